The summed E-state index contributed by atoms with van der Waals surface area (Å²) in [5.74, 6) is -0.0178. The molecule has 2 unspecified atom stereocenters. The van der Waals surface area contributed by atoms with Gasteiger partial charge in [0.2, 0.25) is 5.96 Å². The highest BCUT2D eigenvalue weighted by molar-refractivity contribution is 6.04. The van der Waals surface area contributed by atoms with Gasteiger partial charge in [-0.25, -0.2) is 14.2 Å². The molecule has 3 amide bonds. The lowest BCUT2D eigenvalue weighted by molar-refractivity contribution is -0.137. The molecule has 1 aromatic rings. The zero-order valence-electron chi connectivity index (χ0n) is 15.2. The van der Waals surface area contributed by atoms with E-state index in [1.807, 2.05) is 22.9 Å². The zero-order valence-corrected chi connectivity index (χ0v) is 15.2. The monoisotopic (exact) mass is 369 g/mol. The number of amides is 3. The fourth-order valence-corrected chi connectivity index (χ4v) is 3.67. The maximum atomic E-state index is 13.2. The number of carbonyl (C=O) groups excluding carboxylic acids is 2. The molecular formula is C19H20FN5O2. The molecule has 140 valence electrons. The quantitative estimate of drug-likeness (QED) is 0.762. The summed E-state index contributed by atoms with van der Waals surface area (Å²) in [6.45, 7) is 6.37. The molecule has 0 aromatic heterocycles. The second-order valence-corrected chi connectivity index (χ2v) is 6.81. The standard InChI is InChI=1S/C19H20FN5O2/c1-4-9-23-12(2)10-24-15-16(21-18(23)24)22(3)19(27)25(17(15)26)11-13-5-7-14(20)8-6-13/h4-8,10,15-16H,1,9,11H2,2-3H3. The summed E-state index contributed by atoms with van der Waals surface area (Å²) in [5, 5.41) is 0. The minimum Gasteiger partial charge on any atom is -0.311 e. The van der Waals surface area contributed by atoms with Gasteiger partial charge in [-0.1, -0.05) is 18.2 Å². The van der Waals surface area contributed by atoms with E-state index in [0.29, 0.717) is 18.1 Å². The molecule has 1 aromatic carbocycles. The van der Waals surface area contributed by atoms with Crippen LogP contribution in [0, 0.1) is 5.82 Å². The van der Waals surface area contributed by atoms with Crippen LogP contribution in [0.25, 0.3) is 0 Å². The highest BCUT2D eigenvalue weighted by Gasteiger charge is 2.54. The first-order chi connectivity index (χ1) is 12.9. The number of allylic oxidation sites excluding steroid dienone is 1. The first-order valence-corrected chi connectivity index (χ1v) is 8.68. The minimum absolute atomic E-state index is 0.0910. The van der Waals surface area contributed by atoms with Crippen LogP contribution in [0.3, 0.4) is 0 Å². The number of guanidine groups is 1. The van der Waals surface area contributed by atoms with Crippen LogP contribution in [0.5, 0.6) is 0 Å². The van der Waals surface area contributed by atoms with Gasteiger partial charge in [-0.15, -0.1) is 6.58 Å². The molecule has 1 fully saturated rings. The largest absolute Gasteiger partial charge is 0.328 e. The minimum atomic E-state index is -0.604. The van der Waals surface area contributed by atoms with E-state index in [0.717, 1.165) is 5.70 Å². The van der Waals surface area contributed by atoms with Crippen LogP contribution in [-0.2, 0) is 11.3 Å². The van der Waals surface area contributed by atoms with Gasteiger partial charge in [-0.05, 0) is 24.6 Å². The van der Waals surface area contributed by atoms with Crippen molar-refractivity contribution in [2.24, 2.45) is 4.99 Å². The van der Waals surface area contributed by atoms with Crippen LogP contribution in [0.2, 0.25) is 0 Å². The molecule has 3 heterocycles. The first-order valence-electron chi connectivity index (χ1n) is 8.68. The van der Waals surface area contributed by atoms with E-state index in [-0.39, 0.29) is 18.3 Å². The van der Waals surface area contributed by atoms with E-state index >= 15 is 0 Å². The van der Waals surface area contributed by atoms with Crippen LogP contribution in [-0.4, -0.2) is 63.3 Å². The Balaban J connectivity index is 1.64. The van der Waals surface area contributed by atoms with Crippen molar-refractivity contribution in [1.82, 2.24) is 19.6 Å². The SMILES string of the molecule is C=CCN1C(C)=CN2C1=NC1C2C(=O)N(Cc2ccc(F)cc2)C(=O)N1C. The summed E-state index contributed by atoms with van der Waals surface area (Å²) in [5.41, 5.74) is 1.65. The lowest BCUT2D eigenvalue weighted by atomic mass is 10.1. The predicted molar refractivity (Wildman–Crippen MR) is 97.6 cm³/mol. The van der Waals surface area contributed by atoms with Crippen LogP contribution in [0.15, 0.2) is 53.8 Å². The lowest BCUT2D eigenvalue weighted by Gasteiger charge is -2.40. The van der Waals surface area contributed by atoms with Gasteiger partial charge in [0.1, 0.15) is 5.82 Å². The van der Waals surface area contributed by atoms with E-state index in [1.54, 1.807) is 25.3 Å². The number of urea groups is 1. The summed E-state index contributed by atoms with van der Waals surface area (Å²) in [6, 6.07) is 4.77. The molecule has 1 saturated heterocycles. The number of halogens is 1. The number of likely N-dealkylation sites (N-methyl/N-ethyl adjacent to an activating group) is 1. The average Bonchev–Trinajstić information content (AvgIpc) is 3.15. The van der Waals surface area contributed by atoms with Gasteiger partial charge in [0.15, 0.2) is 12.2 Å². The Morgan fingerprint density at radius 2 is 1.93 bits per heavy atom. The number of benzene rings is 1. The molecule has 27 heavy (non-hydrogen) atoms. The van der Waals surface area contributed by atoms with Crippen LogP contribution >= 0.6 is 0 Å². The van der Waals surface area contributed by atoms with Crippen LogP contribution < -0.4 is 0 Å². The Labute approximate surface area is 156 Å². The third-order valence-electron chi connectivity index (χ3n) is 5.07. The van der Waals surface area contributed by atoms with Crippen molar-refractivity contribution in [3.05, 3.63) is 60.2 Å². The summed E-state index contributed by atoms with van der Waals surface area (Å²) >= 11 is 0. The topological polar surface area (TPSA) is 59.5 Å². The van der Waals surface area contributed by atoms with Gasteiger partial charge in [0.25, 0.3) is 5.91 Å². The fourth-order valence-electron chi connectivity index (χ4n) is 3.67. The van der Waals surface area contributed by atoms with Crippen molar-refractivity contribution >= 4 is 17.9 Å². The number of hydrogen-bond acceptors (Lipinski definition) is 5. The smallest absolute Gasteiger partial charge is 0.311 e. The summed E-state index contributed by atoms with van der Waals surface area (Å²) < 4.78 is 13.1. The third-order valence-corrected chi connectivity index (χ3v) is 5.07. The zero-order chi connectivity index (χ0) is 19.3. The fraction of sp³-hybridized carbons (Fsp3) is 0.316. The molecule has 7 nitrogen and oxygen atoms in total. The number of aliphatic imine (C=N–C) groups is 1. The molecule has 3 aliphatic rings. The molecular weight excluding hydrogens is 349 g/mol. The highest BCUT2D eigenvalue weighted by Crippen LogP contribution is 2.34. The Morgan fingerprint density at radius 1 is 1.22 bits per heavy atom. The summed E-state index contributed by atoms with van der Waals surface area (Å²) in [6.07, 6.45) is 3.08. The summed E-state index contributed by atoms with van der Waals surface area (Å²) in [7, 11) is 1.64. The van der Waals surface area contributed by atoms with Crippen molar-refractivity contribution in [3.8, 4) is 0 Å². The number of carbonyl (C=O) groups is 2. The second kappa shape index (κ2) is 6.22. The Bertz CT molecular complexity index is 879. The lowest BCUT2D eigenvalue weighted by Crippen LogP contribution is -2.63. The highest BCUT2D eigenvalue weighted by atomic mass is 19.1. The van der Waals surface area contributed by atoms with Crippen molar-refractivity contribution in [1.29, 1.82) is 0 Å². The van der Waals surface area contributed by atoms with Crippen molar-refractivity contribution in [2.75, 3.05) is 13.6 Å². The van der Waals surface area contributed by atoms with E-state index in [1.165, 1.54) is 21.9 Å². The maximum Gasteiger partial charge on any atom is 0.328 e. The van der Waals surface area contributed by atoms with Gasteiger partial charge in [0, 0.05) is 25.5 Å². The molecule has 0 spiro atoms. The van der Waals surface area contributed by atoms with Crippen molar-refractivity contribution in [2.45, 2.75) is 25.7 Å². The normalized spacial score (nSPS) is 24.1. The van der Waals surface area contributed by atoms with Gasteiger partial charge < -0.3 is 14.7 Å². The molecule has 4 rings (SSSR count). The van der Waals surface area contributed by atoms with Gasteiger partial charge >= 0.3 is 6.03 Å². The Hall–Kier alpha value is -3.16. The number of hydrogen-bond donors (Lipinski definition) is 0. The average molecular weight is 369 g/mol. The molecule has 3 aliphatic heterocycles. The first kappa shape index (κ1) is 17.3. The van der Waals surface area contributed by atoms with Gasteiger partial charge in [-0.2, -0.15) is 0 Å². The number of nitrogens with zero attached hydrogens (tertiary/aromatic N) is 5. The number of rotatable bonds is 4. The molecule has 8 heteroatoms. The van der Waals surface area contributed by atoms with Gasteiger partial charge in [0.05, 0.1) is 6.54 Å². The van der Waals surface area contributed by atoms with E-state index in [2.05, 4.69) is 11.6 Å². The molecule has 0 N–H and O–H groups in total. The van der Waals surface area contributed by atoms with Crippen molar-refractivity contribution in [3.63, 3.8) is 0 Å². The molecule has 0 aliphatic carbocycles. The Kier molecular flexibility index (Phi) is 3.98. The second-order valence-electron chi connectivity index (χ2n) is 6.81. The van der Waals surface area contributed by atoms with E-state index in [4.69, 9.17) is 0 Å². The van der Waals surface area contributed by atoms with Crippen molar-refractivity contribution < 1.29 is 14.0 Å². The molecule has 2 atom stereocenters. The van der Waals surface area contributed by atoms with E-state index < -0.39 is 18.2 Å². The molecule has 0 bridgehead atoms. The van der Waals surface area contributed by atoms with E-state index in [9.17, 15) is 14.0 Å². The van der Waals surface area contributed by atoms with Gasteiger partial charge in [-0.3, -0.25) is 9.69 Å². The molecule has 0 radical (unpaired) electrons. The predicted octanol–water partition coefficient (Wildman–Crippen LogP) is 1.95. The van der Waals surface area contributed by atoms with Crippen LogP contribution in [0.4, 0.5) is 9.18 Å². The number of imide groups is 1. The van der Waals surface area contributed by atoms with Crippen LogP contribution in [0.1, 0.15) is 12.5 Å². The Morgan fingerprint density at radius 3 is 2.59 bits per heavy atom. The molecule has 0 saturated carbocycles. The summed E-state index contributed by atoms with van der Waals surface area (Å²) in [4.78, 5) is 37.0. The maximum absolute atomic E-state index is 13.2. The number of fused-ring (bicyclic) bond motifs is 3. The third kappa shape index (κ3) is 2.59.